The van der Waals surface area contributed by atoms with Crippen molar-refractivity contribution in [2.45, 2.75) is 25.1 Å². The van der Waals surface area contributed by atoms with Gasteiger partial charge in [0.15, 0.2) is 5.54 Å². The third-order valence-electron chi connectivity index (χ3n) is 2.44. The first-order chi connectivity index (χ1) is 5.90. The Hall–Kier alpha value is -1.33. The molecule has 5 nitrogen and oxygen atoms in total. The zero-order chi connectivity index (χ0) is 10.2. The first-order valence-electron chi connectivity index (χ1n) is 3.78. The normalized spacial score (nSPS) is 33.4. The highest BCUT2D eigenvalue weighted by Crippen LogP contribution is 2.32. The second kappa shape index (κ2) is 2.86. The third-order valence-corrected chi connectivity index (χ3v) is 2.44. The van der Waals surface area contributed by atoms with Crippen molar-refractivity contribution in [2.24, 2.45) is 0 Å². The summed E-state index contributed by atoms with van der Waals surface area (Å²) in [5, 5.41) is 17.3. The first kappa shape index (κ1) is 9.76. The minimum absolute atomic E-state index is 0.0604. The van der Waals surface area contributed by atoms with Crippen molar-refractivity contribution >= 4 is 12.1 Å². The molecule has 0 unspecified atom stereocenters. The van der Waals surface area contributed by atoms with Crippen LogP contribution in [0.2, 0.25) is 0 Å². The van der Waals surface area contributed by atoms with Gasteiger partial charge in [0.1, 0.15) is 6.17 Å². The van der Waals surface area contributed by atoms with Crippen LogP contribution >= 0.6 is 0 Å². The Balaban J connectivity index is 3.01. The largest absolute Gasteiger partial charge is 0.479 e. The van der Waals surface area contributed by atoms with Gasteiger partial charge in [-0.15, -0.1) is 0 Å². The molecule has 0 radical (unpaired) electrons. The van der Waals surface area contributed by atoms with Crippen LogP contribution in [0.4, 0.5) is 9.18 Å². The summed E-state index contributed by atoms with van der Waals surface area (Å²) in [4.78, 5) is 21.9. The van der Waals surface area contributed by atoms with Gasteiger partial charge >= 0.3 is 12.1 Å². The van der Waals surface area contributed by atoms with Crippen LogP contribution in [0.3, 0.4) is 0 Å². The molecule has 1 saturated heterocycles. The van der Waals surface area contributed by atoms with Crippen LogP contribution < -0.4 is 0 Å². The molecular weight excluding hydrogens is 181 g/mol. The topological polar surface area (TPSA) is 77.8 Å². The first-order valence-corrected chi connectivity index (χ1v) is 3.78. The lowest BCUT2D eigenvalue weighted by molar-refractivity contribution is -0.150. The highest BCUT2D eigenvalue weighted by molar-refractivity contribution is 5.85. The van der Waals surface area contributed by atoms with E-state index in [1.54, 1.807) is 0 Å². The molecule has 13 heavy (non-hydrogen) atoms. The average molecular weight is 191 g/mol. The lowest BCUT2D eigenvalue weighted by Gasteiger charge is -2.29. The molecule has 0 aliphatic carbocycles. The van der Waals surface area contributed by atoms with Crippen LogP contribution in [-0.2, 0) is 4.79 Å². The van der Waals surface area contributed by atoms with Crippen molar-refractivity contribution in [3.8, 4) is 0 Å². The van der Waals surface area contributed by atoms with Crippen LogP contribution in [0.5, 0.6) is 0 Å². The minimum atomic E-state index is -1.92. The number of alkyl halides is 1. The van der Waals surface area contributed by atoms with Gasteiger partial charge in [-0.2, -0.15) is 0 Å². The number of carbonyl (C=O) groups is 2. The number of hydrogen-bond donors (Lipinski definition) is 2. The average Bonchev–Trinajstić information content (AvgIpc) is 2.30. The summed E-state index contributed by atoms with van der Waals surface area (Å²) in [5.74, 6) is -1.44. The molecule has 0 aromatic rings. The Labute approximate surface area is 73.8 Å². The molecule has 1 fully saturated rings. The summed E-state index contributed by atoms with van der Waals surface area (Å²) >= 11 is 0. The van der Waals surface area contributed by atoms with E-state index < -0.39 is 23.8 Å². The predicted molar refractivity (Wildman–Crippen MR) is 40.3 cm³/mol. The maximum Gasteiger partial charge on any atom is 0.408 e. The van der Waals surface area contributed by atoms with Gasteiger partial charge in [0, 0.05) is 6.54 Å². The van der Waals surface area contributed by atoms with E-state index in [0.29, 0.717) is 4.90 Å². The molecule has 0 aromatic carbocycles. The molecule has 1 heterocycles. The fourth-order valence-electron chi connectivity index (χ4n) is 1.47. The summed E-state index contributed by atoms with van der Waals surface area (Å²) in [6.07, 6.45) is -3.10. The zero-order valence-corrected chi connectivity index (χ0v) is 7.03. The van der Waals surface area contributed by atoms with E-state index in [1.807, 2.05) is 0 Å². The molecule has 6 heteroatoms. The molecule has 1 amide bonds. The smallest absolute Gasteiger partial charge is 0.408 e. The summed E-state index contributed by atoms with van der Waals surface area (Å²) < 4.78 is 13.1. The van der Waals surface area contributed by atoms with Crippen molar-refractivity contribution in [1.82, 2.24) is 4.90 Å². The van der Waals surface area contributed by atoms with Gasteiger partial charge in [0.2, 0.25) is 0 Å². The highest BCUT2D eigenvalue weighted by atomic mass is 19.1. The molecule has 74 valence electrons. The fraction of sp³-hybridized carbons (Fsp3) is 0.714. The zero-order valence-electron chi connectivity index (χ0n) is 7.03. The lowest BCUT2D eigenvalue weighted by atomic mass is 9.97. The SMILES string of the molecule is C[C@]1(C(=O)O)[C@H](F)CCN1C(=O)O. The number of aliphatic carboxylic acids is 1. The Morgan fingerprint density at radius 1 is 1.54 bits per heavy atom. The molecule has 0 saturated carbocycles. The number of carboxylic acid groups (broad SMARTS) is 2. The van der Waals surface area contributed by atoms with Gasteiger partial charge in [-0.1, -0.05) is 0 Å². The molecule has 0 spiro atoms. The Morgan fingerprint density at radius 3 is 2.38 bits per heavy atom. The molecule has 1 aliphatic rings. The number of rotatable bonds is 1. The van der Waals surface area contributed by atoms with Crippen molar-refractivity contribution in [3.05, 3.63) is 0 Å². The van der Waals surface area contributed by atoms with E-state index in [1.165, 1.54) is 0 Å². The van der Waals surface area contributed by atoms with E-state index in [-0.39, 0.29) is 13.0 Å². The quantitative estimate of drug-likeness (QED) is 0.634. The monoisotopic (exact) mass is 191 g/mol. The summed E-state index contributed by atoms with van der Waals surface area (Å²) in [6.45, 7) is 1.01. The Morgan fingerprint density at radius 2 is 2.08 bits per heavy atom. The number of nitrogens with zero attached hydrogens (tertiary/aromatic N) is 1. The van der Waals surface area contributed by atoms with Gasteiger partial charge in [0.05, 0.1) is 0 Å². The Bertz CT molecular complexity index is 257. The van der Waals surface area contributed by atoms with Crippen LogP contribution in [0.25, 0.3) is 0 Å². The molecule has 0 aromatic heterocycles. The Kier molecular flexibility index (Phi) is 2.15. The van der Waals surface area contributed by atoms with E-state index >= 15 is 0 Å². The van der Waals surface area contributed by atoms with Crippen molar-refractivity contribution in [2.75, 3.05) is 6.54 Å². The summed E-state index contributed by atoms with van der Waals surface area (Å²) in [7, 11) is 0. The van der Waals surface area contributed by atoms with Crippen molar-refractivity contribution in [3.63, 3.8) is 0 Å². The molecule has 1 rings (SSSR count). The van der Waals surface area contributed by atoms with Gasteiger partial charge in [0.25, 0.3) is 0 Å². The molecule has 1 aliphatic heterocycles. The van der Waals surface area contributed by atoms with Crippen molar-refractivity contribution in [1.29, 1.82) is 0 Å². The molecule has 0 bridgehead atoms. The van der Waals surface area contributed by atoms with Gasteiger partial charge in [-0.05, 0) is 13.3 Å². The predicted octanol–water partition coefficient (Wildman–Crippen LogP) is 0.552. The van der Waals surface area contributed by atoms with Crippen LogP contribution in [0.1, 0.15) is 13.3 Å². The van der Waals surface area contributed by atoms with E-state index in [2.05, 4.69) is 0 Å². The third kappa shape index (κ3) is 1.22. The second-order valence-electron chi connectivity index (χ2n) is 3.14. The van der Waals surface area contributed by atoms with Crippen LogP contribution in [-0.4, -0.2) is 45.4 Å². The van der Waals surface area contributed by atoms with Gasteiger partial charge < -0.3 is 10.2 Å². The van der Waals surface area contributed by atoms with E-state index in [0.717, 1.165) is 6.92 Å². The maximum absolute atomic E-state index is 13.1. The summed E-state index contributed by atoms with van der Waals surface area (Å²) in [5.41, 5.74) is -1.92. The van der Waals surface area contributed by atoms with Crippen molar-refractivity contribution < 1.29 is 24.2 Å². The minimum Gasteiger partial charge on any atom is -0.479 e. The number of likely N-dealkylation sites (tertiary alicyclic amines) is 1. The summed E-state index contributed by atoms with van der Waals surface area (Å²) in [6, 6.07) is 0. The van der Waals surface area contributed by atoms with Gasteiger partial charge in [-0.25, -0.2) is 14.0 Å². The van der Waals surface area contributed by atoms with Crippen LogP contribution in [0, 0.1) is 0 Å². The molecular formula is C7H10FNO4. The lowest BCUT2D eigenvalue weighted by Crippen LogP contribution is -2.54. The number of halogens is 1. The van der Waals surface area contributed by atoms with Crippen LogP contribution in [0.15, 0.2) is 0 Å². The number of hydrogen-bond acceptors (Lipinski definition) is 2. The highest BCUT2D eigenvalue weighted by Gasteiger charge is 2.54. The second-order valence-corrected chi connectivity index (χ2v) is 3.14. The number of amides is 1. The van der Waals surface area contributed by atoms with E-state index in [9.17, 15) is 14.0 Å². The molecule has 2 N–H and O–H groups in total. The molecule has 2 atom stereocenters. The number of carboxylic acids is 1. The van der Waals surface area contributed by atoms with Gasteiger partial charge in [-0.3, -0.25) is 4.90 Å². The fourth-order valence-corrected chi connectivity index (χ4v) is 1.47. The van der Waals surface area contributed by atoms with E-state index in [4.69, 9.17) is 10.2 Å². The maximum atomic E-state index is 13.1. The standard InChI is InChI=1S/C7H10FNO4/c1-7(5(10)11)4(8)2-3-9(7)6(12)13/h4H,2-3H2,1H3,(H,10,11)(H,12,13)/t4-,7-/m1/s1.